The average molecular weight is 223 g/mol. The molecule has 2 heterocycles. The molecule has 6 heteroatoms. The highest BCUT2D eigenvalue weighted by Gasteiger charge is 1.99. The van der Waals surface area contributed by atoms with Crippen molar-refractivity contribution in [1.82, 2.24) is 25.1 Å². The molecule has 0 saturated heterocycles. The van der Waals surface area contributed by atoms with E-state index in [-0.39, 0.29) is 0 Å². The van der Waals surface area contributed by atoms with Gasteiger partial charge in [-0.05, 0) is 0 Å². The van der Waals surface area contributed by atoms with Crippen LogP contribution in [0.15, 0.2) is 18.0 Å². The van der Waals surface area contributed by atoms with Crippen LogP contribution in [0.1, 0.15) is 10.7 Å². The maximum atomic E-state index is 4.02. The smallest absolute Gasteiger partial charge is 0.133 e. The Balaban J connectivity index is 1.70. The van der Waals surface area contributed by atoms with E-state index >= 15 is 0 Å². The molecule has 0 spiro atoms. The van der Waals surface area contributed by atoms with Gasteiger partial charge in [-0.3, -0.25) is 4.98 Å². The van der Waals surface area contributed by atoms with Gasteiger partial charge in [-0.1, -0.05) is 0 Å². The Labute approximate surface area is 92.2 Å². The van der Waals surface area contributed by atoms with Crippen LogP contribution < -0.4 is 5.32 Å². The number of thiazole rings is 1. The van der Waals surface area contributed by atoms with E-state index in [0.29, 0.717) is 0 Å². The van der Waals surface area contributed by atoms with Crippen molar-refractivity contribution >= 4 is 11.3 Å². The van der Waals surface area contributed by atoms with E-state index in [1.54, 1.807) is 17.7 Å². The summed E-state index contributed by atoms with van der Waals surface area (Å²) in [5, 5.41) is 11.2. The predicted molar refractivity (Wildman–Crippen MR) is 58.5 cm³/mol. The second-order valence-corrected chi connectivity index (χ2v) is 4.22. The first-order valence-electron chi connectivity index (χ1n) is 4.77. The highest BCUT2D eigenvalue weighted by atomic mass is 32.1. The first kappa shape index (κ1) is 10.3. The van der Waals surface area contributed by atoms with Gasteiger partial charge in [0.25, 0.3) is 0 Å². The molecule has 0 saturated carbocycles. The van der Waals surface area contributed by atoms with Crippen LogP contribution in [0.5, 0.6) is 0 Å². The Bertz CT molecular complexity index is 394. The lowest BCUT2D eigenvalue weighted by Gasteiger charge is -2.02. The van der Waals surface area contributed by atoms with Crippen molar-refractivity contribution in [2.75, 3.05) is 6.54 Å². The van der Waals surface area contributed by atoms with Crippen molar-refractivity contribution in [3.05, 3.63) is 28.7 Å². The molecule has 2 rings (SSSR count). The quantitative estimate of drug-likeness (QED) is 0.754. The van der Waals surface area contributed by atoms with Crippen LogP contribution in [0.3, 0.4) is 0 Å². The average Bonchev–Trinajstić information content (AvgIpc) is 2.85. The summed E-state index contributed by atoms with van der Waals surface area (Å²) in [5.41, 5.74) is 1.85. The standard InChI is InChI=1S/C9H13N5S/c1-14-6-12-13-9(14)2-3-10-4-8-5-11-7-15-8/h5-7,10H,2-4H2,1H3. The predicted octanol–water partition coefficient (Wildman–Crippen LogP) is 0.604. The number of nitrogens with one attached hydrogen (secondary N) is 1. The zero-order valence-corrected chi connectivity index (χ0v) is 9.37. The van der Waals surface area contributed by atoms with Crippen molar-refractivity contribution in [2.45, 2.75) is 13.0 Å². The fourth-order valence-corrected chi connectivity index (χ4v) is 1.84. The molecule has 0 bridgehead atoms. The van der Waals surface area contributed by atoms with Crippen LogP contribution in [-0.2, 0) is 20.0 Å². The minimum Gasteiger partial charge on any atom is -0.321 e. The minimum atomic E-state index is 0.877. The first-order chi connectivity index (χ1) is 7.36. The highest BCUT2D eigenvalue weighted by Crippen LogP contribution is 2.03. The summed E-state index contributed by atoms with van der Waals surface area (Å²) in [6, 6.07) is 0. The third kappa shape index (κ3) is 2.84. The summed E-state index contributed by atoms with van der Waals surface area (Å²) >= 11 is 1.67. The maximum Gasteiger partial charge on any atom is 0.133 e. The van der Waals surface area contributed by atoms with Gasteiger partial charge in [0.05, 0.1) is 5.51 Å². The Morgan fingerprint density at radius 1 is 1.53 bits per heavy atom. The summed E-state index contributed by atoms with van der Waals surface area (Å²) in [4.78, 5) is 5.27. The molecule has 0 aliphatic carbocycles. The Morgan fingerprint density at radius 3 is 3.13 bits per heavy atom. The highest BCUT2D eigenvalue weighted by molar-refractivity contribution is 7.09. The van der Waals surface area contributed by atoms with E-state index in [1.165, 1.54) is 4.88 Å². The van der Waals surface area contributed by atoms with Crippen molar-refractivity contribution in [1.29, 1.82) is 0 Å². The summed E-state index contributed by atoms with van der Waals surface area (Å²) in [6.07, 6.45) is 4.51. The molecule has 0 radical (unpaired) electrons. The van der Waals surface area contributed by atoms with Gasteiger partial charge in [0.1, 0.15) is 12.2 Å². The minimum absolute atomic E-state index is 0.877. The molecule has 2 aromatic heterocycles. The molecular weight excluding hydrogens is 210 g/mol. The Kier molecular flexibility index (Phi) is 3.41. The third-order valence-electron chi connectivity index (χ3n) is 2.11. The molecule has 0 unspecified atom stereocenters. The van der Waals surface area contributed by atoms with Crippen LogP contribution >= 0.6 is 11.3 Å². The molecule has 2 aromatic rings. The molecule has 80 valence electrons. The zero-order chi connectivity index (χ0) is 10.5. The summed E-state index contributed by atoms with van der Waals surface area (Å²) in [6.45, 7) is 1.78. The van der Waals surface area contributed by atoms with Gasteiger partial charge in [-0.25, -0.2) is 0 Å². The van der Waals surface area contributed by atoms with Crippen LogP contribution in [0.4, 0.5) is 0 Å². The van der Waals surface area contributed by atoms with E-state index in [0.717, 1.165) is 25.3 Å². The monoisotopic (exact) mass is 223 g/mol. The van der Waals surface area contributed by atoms with E-state index in [2.05, 4.69) is 20.5 Å². The maximum absolute atomic E-state index is 4.02. The van der Waals surface area contributed by atoms with Crippen molar-refractivity contribution in [3.63, 3.8) is 0 Å². The van der Waals surface area contributed by atoms with Crippen molar-refractivity contribution < 1.29 is 0 Å². The van der Waals surface area contributed by atoms with E-state index in [1.807, 2.05) is 23.3 Å². The lowest BCUT2D eigenvalue weighted by molar-refractivity contribution is 0.658. The SMILES string of the molecule is Cn1cnnc1CCNCc1cncs1. The van der Waals surface area contributed by atoms with Gasteiger partial charge >= 0.3 is 0 Å². The number of hydrogen-bond acceptors (Lipinski definition) is 5. The van der Waals surface area contributed by atoms with Gasteiger partial charge < -0.3 is 9.88 Å². The molecule has 1 N–H and O–H groups in total. The fraction of sp³-hybridized carbons (Fsp3) is 0.444. The topological polar surface area (TPSA) is 55.6 Å². The number of hydrogen-bond donors (Lipinski definition) is 1. The van der Waals surface area contributed by atoms with Gasteiger partial charge in [-0.15, -0.1) is 21.5 Å². The van der Waals surface area contributed by atoms with Crippen LogP contribution in [0.25, 0.3) is 0 Å². The van der Waals surface area contributed by atoms with E-state index in [9.17, 15) is 0 Å². The molecule has 5 nitrogen and oxygen atoms in total. The molecular formula is C9H13N5S. The molecule has 0 aliphatic rings. The summed E-state index contributed by atoms with van der Waals surface area (Å²) in [5.74, 6) is 1.01. The van der Waals surface area contributed by atoms with E-state index in [4.69, 9.17) is 0 Å². The number of aromatic nitrogens is 4. The van der Waals surface area contributed by atoms with Gasteiger partial charge in [0.2, 0.25) is 0 Å². The van der Waals surface area contributed by atoms with Crippen LogP contribution in [0, 0.1) is 0 Å². The second-order valence-electron chi connectivity index (χ2n) is 3.25. The molecule has 0 atom stereocenters. The lowest BCUT2D eigenvalue weighted by atomic mass is 10.4. The summed E-state index contributed by atoms with van der Waals surface area (Å²) in [7, 11) is 1.96. The third-order valence-corrected chi connectivity index (χ3v) is 2.89. The van der Waals surface area contributed by atoms with E-state index < -0.39 is 0 Å². The summed E-state index contributed by atoms with van der Waals surface area (Å²) < 4.78 is 1.94. The van der Waals surface area contributed by atoms with Gasteiger partial charge in [0.15, 0.2) is 0 Å². The normalized spacial score (nSPS) is 10.7. The van der Waals surface area contributed by atoms with Crippen molar-refractivity contribution in [3.8, 4) is 0 Å². The van der Waals surface area contributed by atoms with Gasteiger partial charge in [-0.2, -0.15) is 0 Å². The second kappa shape index (κ2) is 4.99. The largest absolute Gasteiger partial charge is 0.321 e. The molecule has 0 aromatic carbocycles. The first-order valence-corrected chi connectivity index (χ1v) is 5.65. The fourth-order valence-electron chi connectivity index (χ4n) is 1.27. The Morgan fingerprint density at radius 2 is 2.47 bits per heavy atom. The molecule has 0 fully saturated rings. The molecule has 0 aliphatic heterocycles. The number of nitrogens with zero attached hydrogens (tertiary/aromatic N) is 4. The Hall–Kier alpha value is -1.27. The van der Waals surface area contributed by atoms with Crippen molar-refractivity contribution in [2.24, 2.45) is 7.05 Å². The molecule has 15 heavy (non-hydrogen) atoms. The lowest BCUT2D eigenvalue weighted by Crippen LogP contribution is -2.17. The number of aryl methyl sites for hydroxylation is 1. The number of rotatable bonds is 5. The zero-order valence-electron chi connectivity index (χ0n) is 8.55. The molecule has 0 amide bonds. The van der Waals surface area contributed by atoms with Gasteiger partial charge in [0, 0.05) is 37.6 Å². The van der Waals surface area contributed by atoms with Crippen LogP contribution in [-0.4, -0.2) is 26.3 Å². The van der Waals surface area contributed by atoms with Crippen LogP contribution in [0.2, 0.25) is 0 Å².